The van der Waals surface area contributed by atoms with Gasteiger partial charge in [0.05, 0.1) is 25.1 Å². The average molecular weight is 403 g/mol. The topological polar surface area (TPSA) is 81.1 Å². The third-order valence-electron chi connectivity index (χ3n) is 5.27. The highest BCUT2D eigenvalue weighted by atomic mass is 16.5. The van der Waals surface area contributed by atoms with Crippen molar-refractivity contribution in [1.82, 2.24) is 24.8 Å². The number of likely N-dealkylation sites (tertiary alicyclic amines) is 1. The van der Waals surface area contributed by atoms with Crippen LogP contribution in [0.5, 0.6) is 0 Å². The first-order chi connectivity index (χ1) is 14.7. The molecule has 0 spiro atoms. The van der Waals surface area contributed by atoms with Gasteiger partial charge in [-0.3, -0.25) is 9.78 Å². The molecular formula is C23H25N5O2. The first-order valence-electron chi connectivity index (χ1n) is 10.2. The van der Waals surface area contributed by atoms with Crippen LogP contribution in [-0.4, -0.2) is 43.8 Å². The summed E-state index contributed by atoms with van der Waals surface area (Å²) in [6, 6.07) is 10.1. The lowest BCUT2D eigenvalue weighted by molar-refractivity contribution is 0.0696. The van der Waals surface area contributed by atoms with Gasteiger partial charge in [-0.2, -0.15) is 0 Å². The summed E-state index contributed by atoms with van der Waals surface area (Å²) in [6.45, 7) is 4.20. The molecule has 154 valence electrons. The minimum atomic E-state index is -0.0829. The van der Waals surface area contributed by atoms with E-state index in [0.717, 1.165) is 42.0 Å². The molecule has 3 heterocycles. The van der Waals surface area contributed by atoms with Crippen LogP contribution in [-0.2, 0) is 18.0 Å². The van der Waals surface area contributed by atoms with Gasteiger partial charge in [0.2, 0.25) is 0 Å². The maximum absolute atomic E-state index is 12.8. The van der Waals surface area contributed by atoms with Gasteiger partial charge in [-0.05, 0) is 25.3 Å². The highest BCUT2D eigenvalue weighted by Gasteiger charge is 2.28. The molecule has 0 aliphatic carbocycles. The molecule has 1 unspecified atom stereocenters. The predicted octanol–water partition coefficient (Wildman–Crippen LogP) is 3.31. The van der Waals surface area contributed by atoms with Crippen molar-refractivity contribution < 1.29 is 9.53 Å². The molecule has 0 saturated carbocycles. The summed E-state index contributed by atoms with van der Waals surface area (Å²) < 4.78 is 5.94. The fourth-order valence-corrected chi connectivity index (χ4v) is 3.79. The van der Waals surface area contributed by atoms with Gasteiger partial charge >= 0.3 is 0 Å². The molecule has 1 aliphatic rings. The van der Waals surface area contributed by atoms with E-state index in [1.165, 1.54) is 6.20 Å². The van der Waals surface area contributed by atoms with Gasteiger partial charge in [-0.25, -0.2) is 15.0 Å². The number of hydrogen-bond donors (Lipinski definition) is 0. The first kappa shape index (κ1) is 20.1. The maximum atomic E-state index is 12.8. The monoisotopic (exact) mass is 403 g/mol. The quantitative estimate of drug-likeness (QED) is 0.628. The Kier molecular flexibility index (Phi) is 6.39. The van der Waals surface area contributed by atoms with Gasteiger partial charge < -0.3 is 9.64 Å². The molecule has 1 aromatic carbocycles. The van der Waals surface area contributed by atoms with E-state index in [0.29, 0.717) is 25.5 Å². The number of nitrogens with zero attached hydrogens (tertiary/aromatic N) is 5. The number of amides is 1. The number of hydrogen-bond acceptors (Lipinski definition) is 6. The van der Waals surface area contributed by atoms with Crippen LogP contribution in [0.2, 0.25) is 0 Å². The fourth-order valence-electron chi connectivity index (χ4n) is 3.79. The minimum Gasteiger partial charge on any atom is -0.372 e. The van der Waals surface area contributed by atoms with Crippen LogP contribution < -0.4 is 0 Å². The van der Waals surface area contributed by atoms with E-state index in [-0.39, 0.29) is 11.8 Å². The van der Waals surface area contributed by atoms with Crippen molar-refractivity contribution in [3.8, 4) is 0 Å². The molecule has 2 aromatic heterocycles. The number of rotatable bonds is 6. The van der Waals surface area contributed by atoms with Gasteiger partial charge in [0, 0.05) is 43.2 Å². The smallest absolute Gasteiger partial charge is 0.274 e. The zero-order valence-corrected chi connectivity index (χ0v) is 17.1. The molecule has 1 aliphatic heterocycles. The molecule has 1 fully saturated rings. The molecule has 0 N–H and O–H groups in total. The van der Waals surface area contributed by atoms with Crippen LogP contribution >= 0.6 is 0 Å². The summed E-state index contributed by atoms with van der Waals surface area (Å²) in [4.78, 5) is 31.9. The van der Waals surface area contributed by atoms with Crippen molar-refractivity contribution in [2.75, 3.05) is 13.1 Å². The van der Waals surface area contributed by atoms with Crippen molar-refractivity contribution in [2.24, 2.45) is 0 Å². The zero-order chi connectivity index (χ0) is 20.8. The SMILES string of the molecule is Cc1ncc(COCc2ccccc2)c(C2CCCN(C(=O)c3cnccn3)C2)n1. The Bertz CT molecular complexity index is 981. The lowest BCUT2D eigenvalue weighted by Crippen LogP contribution is -2.40. The maximum Gasteiger partial charge on any atom is 0.274 e. The second-order valence-corrected chi connectivity index (χ2v) is 7.49. The molecule has 7 nitrogen and oxygen atoms in total. The molecule has 3 aromatic rings. The van der Waals surface area contributed by atoms with Crippen LogP contribution in [0, 0.1) is 6.92 Å². The standard InChI is InChI=1S/C23H25N5O2/c1-17-26-12-20(16-30-15-18-6-3-2-4-7-18)22(27-17)19-8-5-11-28(14-19)23(29)21-13-24-9-10-25-21/h2-4,6-7,9-10,12-13,19H,5,8,11,14-16H2,1H3. The van der Waals surface area contributed by atoms with Crippen LogP contribution in [0.3, 0.4) is 0 Å². The number of aryl methyl sites for hydroxylation is 1. The van der Waals surface area contributed by atoms with E-state index in [2.05, 4.69) is 15.0 Å². The molecule has 1 saturated heterocycles. The Morgan fingerprint density at radius 2 is 2.00 bits per heavy atom. The second-order valence-electron chi connectivity index (χ2n) is 7.49. The largest absolute Gasteiger partial charge is 0.372 e. The van der Waals surface area contributed by atoms with E-state index >= 15 is 0 Å². The lowest BCUT2D eigenvalue weighted by Gasteiger charge is -2.33. The van der Waals surface area contributed by atoms with E-state index in [1.807, 2.05) is 48.4 Å². The molecule has 1 amide bonds. The molecule has 4 rings (SSSR count). The van der Waals surface area contributed by atoms with Gasteiger partial charge in [0.15, 0.2) is 0 Å². The van der Waals surface area contributed by atoms with Gasteiger partial charge in [-0.15, -0.1) is 0 Å². The van der Waals surface area contributed by atoms with Gasteiger partial charge in [-0.1, -0.05) is 30.3 Å². The van der Waals surface area contributed by atoms with Crippen molar-refractivity contribution in [3.63, 3.8) is 0 Å². The summed E-state index contributed by atoms with van der Waals surface area (Å²) in [5, 5.41) is 0. The Balaban J connectivity index is 1.47. The molecule has 0 bridgehead atoms. The summed E-state index contributed by atoms with van der Waals surface area (Å²) in [7, 11) is 0. The predicted molar refractivity (Wildman–Crippen MR) is 112 cm³/mol. The fraction of sp³-hybridized carbons (Fsp3) is 0.348. The molecule has 7 heteroatoms. The first-order valence-corrected chi connectivity index (χ1v) is 10.2. The van der Waals surface area contributed by atoms with Crippen LogP contribution in [0.4, 0.5) is 0 Å². The molecule has 0 radical (unpaired) electrons. The van der Waals surface area contributed by atoms with E-state index in [9.17, 15) is 4.79 Å². The van der Waals surface area contributed by atoms with Crippen LogP contribution in [0.25, 0.3) is 0 Å². The zero-order valence-electron chi connectivity index (χ0n) is 17.1. The molecule has 1 atom stereocenters. The number of piperidine rings is 1. The van der Waals surface area contributed by atoms with E-state index in [4.69, 9.17) is 9.72 Å². The number of carbonyl (C=O) groups is 1. The number of ether oxygens (including phenoxy) is 1. The lowest BCUT2D eigenvalue weighted by atomic mass is 9.92. The third kappa shape index (κ3) is 4.86. The Labute approximate surface area is 176 Å². The van der Waals surface area contributed by atoms with Crippen molar-refractivity contribution in [3.05, 3.63) is 83.5 Å². The number of aromatic nitrogens is 4. The molecular weight excluding hydrogens is 378 g/mol. The number of carbonyl (C=O) groups excluding carboxylic acids is 1. The van der Waals surface area contributed by atoms with Crippen molar-refractivity contribution in [2.45, 2.75) is 38.9 Å². The summed E-state index contributed by atoms with van der Waals surface area (Å²) in [6.07, 6.45) is 8.39. The van der Waals surface area contributed by atoms with Crippen molar-refractivity contribution >= 4 is 5.91 Å². The normalized spacial score (nSPS) is 16.4. The van der Waals surface area contributed by atoms with E-state index in [1.54, 1.807) is 12.4 Å². The van der Waals surface area contributed by atoms with E-state index < -0.39 is 0 Å². The van der Waals surface area contributed by atoms with Gasteiger partial charge in [0.25, 0.3) is 5.91 Å². The Morgan fingerprint density at radius 3 is 2.80 bits per heavy atom. The van der Waals surface area contributed by atoms with Crippen molar-refractivity contribution in [1.29, 1.82) is 0 Å². The summed E-state index contributed by atoms with van der Waals surface area (Å²) in [5.41, 5.74) is 3.47. The highest BCUT2D eigenvalue weighted by Crippen LogP contribution is 2.29. The second kappa shape index (κ2) is 9.54. The summed E-state index contributed by atoms with van der Waals surface area (Å²) >= 11 is 0. The average Bonchev–Trinajstić information content (AvgIpc) is 2.81. The highest BCUT2D eigenvalue weighted by molar-refractivity contribution is 5.92. The van der Waals surface area contributed by atoms with Crippen LogP contribution in [0.1, 0.15) is 51.9 Å². The minimum absolute atomic E-state index is 0.0829. The Morgan fingerprint density at radius 1 is 1.13 bits per heavy atom. The number of benzene rings is 1. The molecule has 30 heavy (non-hydrogen) atoms. The Hall–Kier alpha value is -3.19. The van der Waals surface area contributed by atoms with Crippen LogP contribution in [0.15, 0.2) is 55.1 Å². The summed E-state index contributed by atoms with van der Waals surface area (Å²) in [5.74, 6) is 0.797. The third-order valence-corrected chi connectivity index (χ3v) is 5.27. The van der Waals surface area contributed by atoms with Gasteiger partial charge in [0.1, 0.15) is 11.5 Å².